The van der Waals surface area contributed by atoms with Gasteiger partial charge in [0.15, 0.2) is 11.4 Å². The second-order valence-corrected chi connectivity index (χ2v) is 4.07. The van der Waals surface area contributed by atoms with E-state index in [2.05, 4.69) is 0 Å². The number of rotatable bonds is 1. The zero-order valence-electron chi connectivity index (χ0n) is 8.12. The van der Waals surface area contributed by atoms with Crippen molar-refractivity contribution in [3.63, 3.8) is 0 Å². The summed E-state index contributed by atoms with van der Waals surface area (Å²) in [6.45, 7) is 0. The smallest absolute Gasteiger partial charge is 0.345 e. The fraction of sp³-hybridized carbons (Fsp3) is 0.400. The first-order chi connectivity index (χ1) is 7.52. The average molecular weight is 223 g/mol. The van der Waals surface area contributed by atoms with Gasteiger partial charge in [0.1, 0.15) is 0 Å². The zero-order chi connectivity index (χ0) is 11.5. The van der Waals surface area contributed by atoms with Gasteiger partial charge in [-0.1, -0.05) is 6.08 Å². The third kappa shape index (κ3) is 0.943. The van der Waals surface area contributed by atoms with Gasteiger partial charge in [0.25, 0.3) is 12.2 Å². The minimum Gasteiger partial charge on any atom is -0.449 e. The number of carbonyl (C=O) groups is 2. The maximum atomic E-state index is 11.5. The Kier molecular flexibility index (Phi) is 1.56. The molecule has 0 unspecified atom stereocenters. The van der Waals surface area contributed by atoms with Crippen molar-refractivity contribution in [3.05, 3.63) is 24.0 Å². The molecule has 1 fully saturated rings. The molecule has 3 N–H and O–H groups in total. The van der Waals surface area contributed by atoms with Crippen LogP contribution >= 0.6 is 0 Å². The Bertz CT molecular complexity index is 454. The van der Waals surface area contributed by atoms with Crippen LogP contribution < -0.4 is 5.73 Å². The van der Waals surface area contributed by atoms with E-state index in [1.807, 2.05) is 0 Å². The predicted molar refractivity (Wildman–Crippen MR) is 49.3 cm³/mol. The van der Waals surface area contributed by atoms with Crippen molar-refractivity contribution in [2.45, 2.75) is 11.9 Å². The summed E-state index contributed by atoms with van der Waals surface area (Å²) in [5.74, 6) is -2.36. The highest BCUT2D eigenvalue weighted by Gasteiger charge is 2.59. The molecular weight excluding hydrogens is 214 g/mol. The van der Waals surface area contributed by atoms with E-state index in [4.69, 9.17) is 15.2 Å². The first-order valence-electron chi connectivity index (χ1n) is 4.83. The van der Waals surface area contributed by atoms with Crippen LogP contribution in [0.2, 0.25) is 0 Å². The molecule has 0 radical (unpaired) electrons. The maximum absolute atomic E-state index is 11.5. The highest BCUT2D eigenvalue weighted by molar-refractivity contribution is 5.91. The Morgan fingerprint density at radius 1 is 1.50 bits per heavy atom. The van der Waals surface area contributed by atoms with Crippen LogP contribution in [-0.4, -0.2) is 28.9 Å². The molecular formula is C10H9NO5. The summed E-state index contributed by atoms with van der Waals surface area (Å²) in [6, 6.07) is 0. The van der Waals surface area contributed by atoms with Gasteiger partial charge in [-0.15, -0.1) is 0 Å². The lowest BCUT2D eigenvalue weighted by Gasteiger charge is -2.41. The van der Waals surface area contributed by atoms with Crippen molar-refractivity contribution in [1.29, 1.82) is 0 Å². The Hall–Kier alpha value is -1.82. The van der Waals surface area contributed by atoms with Gasteiger partial charge < -0.3 is 20.3 Å². The van der Waals surface area contributed by atoms with E-state index in [-0.39, 0.29) is 11.7 Å². The Morgan fingerprint density at radius 2 is 2.25 bits per heavy atom. The van der Waals surface area contributed by atoms with Gasteiger partial charge in [0, 0.05) is 5.92 Å². The van der Waals surface area contributed by atoms with Crippen LogP contribution in [0.5, 0.6) is 0 Å². The summed E-state index contributed by atoms with van der Waals surface area (Å²) < 4.78 is 10.1. The van der Waals surface area contributed by atoms with Gasteiger partial charge in [-0.3, -0.25) is 4.79 Å². The molecule has 3 aliphatic rings. The number of ether oxygens (including phenoxy) is 2. The number of hydrogen-bond acceptors (Lipinski definition) is 5. The predicted octanol–water partition coefficient (Wildman–Crippen LogP) is -1.20. The second-order valence-electron chi connectivity index (χ2n) is 4.07. The van der Waals surface area contributed by atoms with E-state index in [1.165, 1.54) is 12.2 Å². The summed E-state index contributed by atoms with van der Waals surface area (Å²) in [5.41, 5.74) is 3.40. The van der Waals surface area contributed by atoms with Crippen LogP contribution in [0.3, 0.4) is 0 Å². The quantitative estimate of drug-likeness (QED) is 0.430. The number of amides is 1. The molecule has 2 heterocycles. The number of primary amides is 1. The van der Waals surface area contributed by atoms with Crippen molar-refractivity contribution in [3.8, 4) is 0 Å². The maximum Gasteiger partial charge on any atom is 0.345 e. The Balaban J connectivity index is 2.09. The Labute approximate surface area is 90.3 Å². The van der Waals surface area contributed by atoms with Crippen LogP contribution in [0.4, 0.5) is 0 Å². The van der Waals surface area contributed by atoms with Crippen molar-refractivity contribution in [2.75, 3.05) is 0 Å². The topological polar surface area (TPSA) is 98.9 Å². The number of aliphatic hydroxyl groups is 1. The molecule has 2 aliphatic heterocycles. The van der Waals surface area contributed by atoms with Crippen molar-refractivity contribution in [2.24, 2.45) is 17.6 Å². The van der Waals surface area contributed by atoms with E-state index in [0.717, 1.165) is 0 Å². The van der Waals surface area contributed by atoms with E-state index in [0.29, 0.717) is 0 Å². The average Bonchev–Trinajstić information content (AvgIpc) is 2.50. The molecule has 6 nitrogen and oxygen atoms in total. The van der Waals surface area contributed by atoms with Gasteiger partial charge in [-0.05, 0) is 12.2 Å². The summed E-state index contributed by atoms with van der Waals surface area (Å²) in [4.78, 5) is 22.5. The minimum absolute atomic E-state index is 0.0686. The minimum atomic E-state index is -1.69. The van der Waals surface area contributed by atoms with Crippen LogP contribution in [0.1, 0.15) is 0 Å². The van der Waals surface area contributed by atoms with Gasteiger partial charge in [-0.2, -0.15) is 0 Å². The summed E-state index contributed by atoms with van der Waals surface area (Å²) in [5, 5.41) is 10.1. The molecule has 0 spiro atoms. The lowest BCUT2D eigenvalue weighted by molar-refractivity contribution is -0.224. The molecule has 4 bridgehead atoms. The first kappa shape index (κ1) is 9.41. The van der Waals surface area contributed by atoms with Crippen LogP contribution in [0.15, 0.2) is 24.0 Å². The molecule has 0 aromatic carbocycles. The second kappa shape index (κ2) is 2.65. The van der Waals surface area contributed by atoms with E-state index in [1.54, 1.807) is 6.08 Å². The highest BCUT2D eigenvalue weighted by Crippen LogP contribution is 2.47. The first-order valence-corrected chi connectivity index (χ1v) is 4.83. The summed E-state index contributed by atoms with van der Waals surface area (Å²) in [7, 11) is 0. The molecule has 0 saturated carbocycles. The molecule has 1 amide bonds. The molecule has 6 heteroatoms. The SMILES string of the molecule is NC(=O)C1=C[C@H]2[C@@H]3C=C[C@@]2(O)C(=O)O[C@@H]3O1. The molecule has 4 atom stereocenters. The molecule has 84 valence electrons. The third-order valence-corrected chi connectivity index (χ3v) is 3.18. The number of carbonyl (C=O) groups excluding carboxylic acids is 2. The molecule has 3 rings (SSSR count). The third-order valence-electron chi connectivity index (χ3n) is 3.18. The van der Waals surface area contributed by atoms with Gasteiger partial charge in [0.05, 0.1) is 5.92 Å². The Morgan fingerprint density at radius 3 is 2.94 bits per heavy atom. The normalized spacial score (nSPS) is 43.4. The van der Waals surface area contributed by atoms with E-state index >= 15 is 0 Å². The van der Waals surface area contributed by atoms with Gasteiger partial charge in [0.2, 0.25) is 0 Å². The molecule has 16 heavy (non-hydrogen) atoms. The fourth-order valence-electron chi connectivity index (χ4n) is 2.33. The lowest BCUT2D eigenvalue weighted by Crippen LogP contribution is -2.55. The highest BCUT2D eigenvalue weighted by atomic mass is 16.7. The standard InChI is InChI=1S/C10H9NO5/c11-7(12)6-3-5-4-1-2-10(5,14)9(13)16-8(4)15-6/h1-5,8,14H,(H2,11,12)/t4-,5-,8-,10-/m0/s1. The van der Waals surface area contributed by atoms with Crippen LogP contribution in [0, 0.1) is 11.8 Å². The van der Waals surface area contributed by atoms with Gasteiger partial charge >= 0.3 is 5.97 Å². The summed E-state index contributed by atoms with van der Waals surface area (Å²) >= 11 is 0. The summed E-state index contributed by atoms with van der Waals surface area (Å²) in [6.07, 6.45) is 3.57. The largest absolute Gasteiger partial charge is 0.449 e. The molecule has 1 saturated heterocycles. The zero-order valence-corrected chi connectivity index (χ0v) is 8.12. The van der Waals surface area contributed by atoms with Gasteiger partial charge in [-0.25, -0.2) is 4.79 Å². The lowest BCUT2D eigenvalue weighted by atomic mass is 9.80. The number of hydrogen-bond donors (Lipinski definition) is 2. The van der Waals surface area contributed by atoms with Crippen LogP contribution in [0.25, 0.3) is 0 Å². The van der Waals surface area contributed by atoms with E-state index in [9.17, 15) is 14.7 Å². The number of nitrogens with two attached hydrogens (primary N) is 1. The molecule has 0 aromatic rings. The van der Waals surface area contributed by atoms with Crippen molar-refractivity contribution >= 4 is 11.9 Å². The van der Waals surface area contributed by atoms with E-state index < -0.39 is 29.7 Å². The molecule has 1 aliphatic carbocycles. The molecule has 0 aromatic heterocycles. The number of esters is 1. The fourth-order valence-corrected chi connectivity index (χ4v) is 2.33. The van der Waals surface area contributed by atoms with Crippen molar-refractivity contribution < 1.29 is 24.2 Å². The van der Waals surface area contributed by atoms with Crippen molar-refractivity contribution in [1.82, 2.24) is 0 Å². The monoisotopic (exact) mass is 223 g/mol. The van der Waals surface area contributed by atoms with Crippen LogP contribution in [-0.2, 0) is 19.1 Å².